The number of hydrogen-bond donors (Lipinski definition) is 0. The topological polar surface area (TPSA) is 90.0 Å². The number of esters is 1. The Balaban J connectivity index is 1.74. The molecule has 0 aromatic heterocycles. The van der Waals surface area contributed by atoms with Crippen molar-refractivity contribution in [3.63, 3.8) is 0 Å². The summed E-state index contributed by atoms with van der Waals surface area (Å²) < 4.78 is 36.2. The van der Waals surface area contributed by atoms with Crippen LogP contribution in [0.2, 0.25) is 0 Å². The Kier molecular flexibility index (Phi) is 7.79. The number of amides is 1. The maximum absolute atomic E-state index is 12.9. The van der Waals surface area contributed by atoms with Crippen molar-refractivity contribution in [3.05, 3.63) is 59.7 Å². The highest BCUT2D eigenvalue weighted by Crippen LogP contribution is 2.30. The summed E-state index contributed by atoms with van der Waals surface area (Å²) in [5, 5.41) is 0. The molecule has 0 heterocycles. The summed E-state index contributed by atoms with van der Waals surface area (Å²) in [7, 11) is -4.26. The van der Waals surface area contributed by atoms with Crippen molar-refractivity contribution in [1.82, 2.24) is 4.90 Å². The maximum Gasteiger partial charge on any atom is 0.340 e. The summed E-state index contributed by atoms with van der Waals surface area (Å²) in [6.07, 6.45) is 2.60. The summed E-state index contributed by atoms with van der Waals surface area (Å²) >= 11 is 0. The molecule has 1 aliphatic rings. The van der Waals surface area contributed by atoms with Crippen LogP contribution in [0, 0.1) is 5.92 Å². The molecule has 1 fully saturated rings. The van der Waals surface area contributed by atoms with Crippen LogP contribution >= 0.6 is 0 Å². The Hall–Kier alpha value is -2.87. The van der Waals surface area contributed by atoms with Crippen LogP contribution in [0.25, 0.3) is 0 Å². The smallest absolute Gasteiger partial charge is 0.340 e. The molecular weight excluding hydrogens is 442 g/mol. The van der Waals surface area contributed by atoms with Crippen LogP contribution in [0.1, 0.15) is 62.9 Å². The van der Waals surface area contributed by atoms with E-state index in [4.69, 9.17) is 8.92 Å². The minimum absolute atomic E-state index is 0.0662. The SMILES string of the molecule is CC(C)OC(=O)c1ccccc1S(=O)(=O)Oc1ccc(CN(C(=O)C2CCC2)C(C)C)cc1. The van der Waals surface area contributed by atoms with Gasteiger partial charge in [-0.1, -0.05) is 30.7 Å². The van der Waals surface area contributed by atoms with Gasteiger partial charge in [-0.2, -0.15) is 8.42 Å². The standard InChI is InChI=1S/C25H31NO6S/c1-17(2)26(24(27)20-8-7-9-20)16-19-12-14-21(15-13-19)32-33(29,30)23-11-6-5-10-22(23)25(28)31-18(3)4/h5-6,10-15,17-18,20H,7-9,16H2,1-4H3. The van der Waals surface area contributed by atoms with E-state index in [0.29, 0.717) is 6.54 Å². The fraction of sp³-hybridized carbons (Fsp3) is 0.440. The van der Waals surface area contributed by atoms with Crippen molar-refractivity contribution in [2.45, 2.75) is 70.5 Å². The predicted octanol–water partition coefficient (Wildman–Crippen LogP) is 4.56. The van der Waals surface area contributed by atoms with Crippen molar-refractivity contribution in [1.29, 1.82) is 0 Å². The van der Waals surface area contributed by atoms with E-state index in [1.165, 1.54) is 18.2 Å². The summed E-state index contributed by atoms with van der Waals surface area (Å²) in [6, 6.07) is 12.4. The first-order chi connectivity index (χ1) is 15.6. The van der Waals surface area contributed by atoms with E-state index < -0.39 is 16.1 Å². The zero-order valence-corrected chi connectivity index (χ0v) is 20.3. The highest BCUT2D eigenvalue weighted by atomic mass is 32.2. The summed E-state index contributed by atoms with van der Waals surface area (Å²) in [5.74, 6) is -0.327. The van der Waals surface area contributed by atoms with Gasteiger partial charge in [0.1, 0.15) is 10.6 Å². The summed E-state index contributed by atoms with van der Waals surface area (Å²) in [4.78, 5) is 26.7. The summed E-state index contributed by atoms with van der Waals surface area (Å²) in [5.41, 5.74) is 0.798. The molecule has 1 aliphatic carbocycles. The number of rotatable bonds is 9. The van der Waals surface area contributed by atoms with Crippen molar-refractivity contribution in [2.24, 2.45) is 5.92 Å². The average molecular weight is 474 g/mol. The highest BCUT2D eigenvalue weighted by Gasteiger charge is 2.31. The zero-order chi connectivity index (χ0) is 24.2. The van der Waals surface area contributed by atoms with Crippen LogP contribution in [0.3, 0.4) is 0 Å². The van der Waals surface area contributed by atoms with Gasteiger partial charge >= 0.3 is 16.1 Å². The van der Waals surface area contributed by atoms with Crippen molar-refractivity contribution in [3.8, 4) is 5.75 Å². The third-order valence-corrected chi connectivity index (χ3v) is 6.87. The quantitative estimate of drug-likeness (QED) is 0.392. The molecule has 0 atom stereocenters. The first-order valence-corrected chi connectivity index (χ1v) is 12.6. The van der Waals surface area contributed by atoms with Gasteiger partial charge in [-0.15, -0.1) is 0 Å². The molecule has 1 amide bonds. The molecule has 7 nitrogen and oxygen atoms in total. The second-order valence-electron chi connectivity index (χ2n) is 8.82. The lowest BCUT2D eigenvalue weighted by atomic mass is 9.84. The van der Waals surface area contributed by atoms with Crippen LogP contribution < -0.4 is 4.18 Å². The number of nitrogens with zero attached hydrogens (tertiary/aromatic N) is 1. The second-order valence-corrected chi connectivity index (χ2v) is 10.3. The van der Waals surface area contributed by atoms with Gasteiger partial charge in [0.05, 0.1) is 11.7 Å². The van der Waals surface area contributed by atoms with Gasteiger partial charge in [0, 0.05) is 18.5 Å². The average Bonchev–Trinajstić information content (AvgIpc) is 2.71. The maximum atomic E-state index is 12.9. The lowest BCUT2D eigenvalue weighted by Crippen LogP contribution is -2.42. The van der Waals surface area contributed by atoms with Gasteiger partial charge < -0.3 is 13.8 Å². The van der Waals surface area contributed by atoms with E-state index in [2.05, 4.69) is 0 Å². The molecule has 3 rings (SSSR count). The number of hydrogen-bond acceptors (Lipinski definition) is 6. The molecule has 0 unspecified atom stereocenters. The molecule has 2 aromatic carbocycles. The van der Waals surface area contributed by atoms with Gasteiger partial charge in [0.2, 0.25) is 5.91 Å². The van der Waals surface area contributed by atoms with Crippen LogP contribution in [0.15, 0.2) is 53.4 Å². The van der Waals surface area contributed by atoms with Crippen LogP contribution in [0.5, 0.6) is 5.75 Å². The van der Waals surface area contributed by atoms with E-state index in [1.807, 2.05) is 18.7 Å². The molecule has 2 aromatic rings. The molecule has 0 spiro atoms. The minimum Gasteiger partial charge on any atom is -0.459 e. The van der Waals surface area contributed by atoms with E-state index in [-0.39, 0.29) is 40.2 Å². The number of carbonyl (C=O) groups is 2. The largest absolute Gasteiger partial charge is 0.459 e. The molecule has 8 heteroatoms. The minimum atomic E-state index is -4.26. The van der Waals surface area contributed by atoms with Gasteiger partial charge in [-0.25, -0.2) is 4.79 Å². The molecular formula is C25H31NO6S. The Bertz CT molecular complexity index is 1090. The number of ether oxygens (including phenoxy) is 1. The molecule has 178 valence electrons. The van der Waals surface area contributed by atoms with Gasteiger partial charge in [-0.3, -0.25) is 4.79 Å². The third-order valence-electron chi connectivity index (χ3n) is 5.56. The first-order valence-electron chi connectivity index (χ1n) is 11.2. The van der Waals surface area contributed by atoms with Gasteiger partial charge in [-0.05, 0) is 70.4 Å². The fourth-order valence-electron chi connectivity index (χ4n) is 3.55. The van der Waals surface area contributed by atoms with E-state index in [0.717, 1.165) is 24.8 Å². The van der Waals surface area contributed by atoms with Crippen LogP contribution in [-0.2, 0) is 26.2 Å². The Morgan fingerprint density at radius 3 is 2.18 bits per heavy atom. The molecule has 0 aliphatic heterocycles. The third kappa shape index (κ3) is 6.13. The number of benzene rings is 2. The Morgan fingerprint density at radius 2 is 1.64 bits per heavy atom. The van der Waals surface area contributed by atoms with E-state index in [1.54, 1.807) is 44.2 Å². The first kappa shape index (κ1) is 24.8. The lowest BCUT2D eigenvalue weighted by Gasteiger charge is -2.34. The highest BCUT2D eigenvalue weighted by molar-refractivity contribution is 7.87. The van der Waals surface area contributed by atoms with Crippen molar-refractivity contribution in [2.75, 3.05) is 0 Å². The van der Waals surface area contributed by atoms with Gasteiger partial charge in [0.25, 0.3) is 0 Å². The molecule has 33 heavy (non-hydrogen) atoms. The second kappa shape index (κ2) is 10.4. The van der Waals surface area contributed by atoms with Crippen molar-refractivity contribution >= 4 is 22.0 Å². The summed E-state index contributed by atoms with van der Waals surface area (Å²) in [6.45, 7) is 7.80. The van der Waals surface area contributed by atoms with Gasteiger partial charge in [0.15, 0.2) is 0 Å². The van der Waals surface area contributed by atoms with E-state index in [9.17, 15) is 18.0 Å². The molecule has 0 N–H and O–H groups in total. The normalized spacial score (nSPS) is 14.1. The molecule has 0 bridgehead atoms. The fourth-order valence-corrected chi connectivity index (χ4v) is 4.67. The van der Waals surface area contributed by atoms with Crippen LogP contribution in [0.4, 0.5) is 0 Å². The zero-order valence-electron chi connectivity index (χ0n) is 19.5. The van der Waals surface area contributed by atoms with Crippen LogP contribution in [-0.4, -0.2) is 37.3 Å². The molecule has 1 saturated carbocycles. The Labute approximate surface area is 195 Å². The lowest BCUT2D eigenvalue weighted by molar-refractivity contribution is -0.140. The molecule has 0 radical (unpaired) electrons. The predicted molar refractivity (Wildman–Crippen MR) is 124 cm³/mol. The van der Waals surface area contributed by atoms with Crippen molar-refractivity contribution < 1.29 is 26.9 Å². The monoisotopic (exact) mass is 473 g/mol. The number of carbonyl (C=O) groups excluding carboxylic acids is 2. The van der Waals surface area contributed by atoms with E-state index >= 15 is 0 Å². The Morgan fingerprint density at radius 1 is 1.00 bits per heavy atom. The molecule has 0 saturated heterocycles.